The molecule has 0 spiro atoms. The minimum Gasteiger partial charge on any atom is -0.497 e. The standard InChI is InChI=1S/C21H25N3O5/c1-14(2)23-20(25)13-29-17-7-5-15(6-8-17)12-22-24-21(26)16-9-18(27-3)11-19(10-16)28-4/h5-12,14H,13H2,1-4H3,(H,23,25)(H,24,26)/b22-12+. The molecule has 0 aliphatic rings. The van der Waals surface area contributed by atoms with Gasteiger partial charge in [-0.25, -0.2) is 5.43 Å². The van der Waals surface area contributed by atoms with Crippen molar-refractivity contribution in [1.82, 2.24) is 10.7 Å². The van der Waals surface area contributed by atoms with Gasteiger partial charge in [-0.15, -0.1) is 0 Å². The SMILES string of the molecule is COc1cc(OC)cc(C(=O)N/N=C/c2ccc(OCC(=O)NC(C)C)cc2)c1. The Kier molecular flexibility index (Phi) is 8.02. The second-order valence-electron chi connectivity index (χ2n) is 6.38. The molecule has 154 valence electrons. The Morgan fingerprint density at radius 2 is 1.62 bits per heavy atom. The van der Waals surface area contributed by atoms with E-state index in [0.717, 1.165) is 5.56 Å². The lowest BCUT2D eigenvalue weighted by atomic mass is 10.2. The molecule has 2 N–H and O–H groups in total. The fraction of sp³-hybridized carbons (Fsp3) is 0.286. The Hall–Kier alpha value is -3.55. The molecule has 0 saturated heterocycles. The van der Waals surface area contributed by atoms with Crippen LogP contribution in [0.25, 0.3) is 0 Å². The Bertz CT molecular complexity index is 841. The number of hydrogen-bond donors (Lipinski definition) is 2. The summed E-state index contributed by atoms with van der Waals surface area (Å²) in [5.41, 5.74) is 3.58. The number of ether oxygens (including phenoxy) is 3. The first kappa shape index (κ1) is 21.7. The fourth-order valence-corrected chi connectivity index (χ4v) is 2.33. The molecule has 0 unspecified atom stereocenters. The number of amides is 2. The Morgan fingerprint density at radius 1 is 1.00 bits per heavy atom. The summed E-state index contributed by atoms with van der Waals surface area (Å²) in [5, 5.41) is 6.70. The number of hydrogen-bond acceptors (Lipinski definition) is 6. The Balaban J connectivity index is 1.90. The van der Waals surface area contributed by atoms with Gasteiger partial charge in [0.25, 0.3) is 11.8 Å². The van der Waals surface area contributed by atoms with Crippen LogP contribution in [0.15, 0.2) is 47.6 Å². The number of methoxy groups -OCH3 is 2. The van der Waals surface area contributed by atoms with Gasteiger partial charge in [0, 0.05) is 17.7 Å². The maximum atomic E-state index is 12.3. The number of nitrogens with one attached hydrogen (secondary N) is 2. The van der Waals surface area contributed by atoms with E-state index in [1.54, 1.807) is 42.5 Å². The summed E-state index contributed by atoms with van der Waals surface area (Å²) in [7, 11) is 3.03. The molecule has 0 aromatic heterocycles. The van der Waals surface area contributed by atoms with E-state index in [-0.39, 0.29) is 18.6 Å². The van der Waals surface area contributed by atoms with E-state index in [4.69, 9.17) is 14.2 Å². The predicted molar refractivity (Wildman–Crippen MR) is 110 cm³/mol. The molecule has 2 amide bonds. The Labute approximate surface area is 169 Å². The molecule has 0 aliphatic carbocycles. The maximum absolute atomic E-state index is 12.3. The average Bonchev–Trinajstić information content (AvgIpc) is 2.72. The van der Waals surface area contributed by atoms with Crippen molar-refractivity contribution < 1.29 is 23.8 Å². The van der Waals surface area contributed by atoms with Gasteiger partial charge in [0.1, 0.15) is 17.2 Å². The van der Waals surface area contributed by atoms with Gasteiger partial charge in [-0.3, -0.25) is 9.59 Å². The summed E-state index contributed by atoms with van der Waals surface area (Å²) in [4.78, 5) is 23.8. The van der Waals surface area contributed by atoms with Crippen molar-refractivity contribution >= 4 is 18.0 Å². The molecule has 8 heteroatoms. The highest BCUT2D eigenvalue weighted by Crippen LogP contribution is 2.22. The lowest BCUT2D eigenvalue weighted by Crippen LogP contribution is -2.34. The second kappa shape index (κ2) is 10.7. The number of nitrogens with zero attached hydrogens (tertiary/aromatic N) is 1. The van der Waals surface area contributed by atoms with Crippen molar-refractivity contribution in [1.29, 1.82) is 0 Å². The summed E-state index contributed by atoms with van der Waals surface area (Å²) in [5.74, 6) is 1.01. The van der Waals surface area contributed by atoms with Crippen LogP contribution in [0.3, 0.4) is 0 Å². The van der Waals surface area contributed by atoms with E-state index in [1.165, 1.54) is 20.4 Å². The van der Waals surface area contributed by atoms with E-state index < -0.39 is 5.91 Å². The van der Waals surface area contributed by atoms with Crippen molar-refractivity contribution in [3.8, 4) is 17.2 Å². The summed E-state index contributed by atoms with van der Waals surface area (Å²) in [6, 6.07) is 11.9. The summed E-state index contributed by atoms with van der Waals surface area (Å²) in [6.45, 7) is 3.72. The third-order valence-corrected chi connectivity index (χ3v) is 3.69. The smallest absolute Gasteiger partial charge is 0.271 e. The normalized spacial score (nSPS) is 10.7. The molecule has 0 saturated carbocycles. The zero-order chi connectivity index (χ0) is 21.2. The molecule has 0 heterocycles. The van der Waals surface area contributed by atoms with Crippen molar-refractivity contribution in [3.05, 3.63) is 53.6 Å². The monoisotopic (exact) mass is 399 g/mol. The molecule has 0 radical (unpaired) electrons. The first-order chi connectivity index (χ1) is 13.9. The van der Waals surface area contributed by atoms with Gasteiger partial charge in [0.15, 0.2) is 6.61 Å². The average molecular weight is 399 g/mol. The molecule has 0 bridgehead atoms. The van der Waals surface area contributed by atoms with Gasteiger partial charge >= 0.3 is 0 Å². The molecule has 2 aromatic carbocycles. The van der Waals surface area contributed by atoms with Crippen LogP contribution >= 0.6 is 0 Å². The third kappa shape index (κ3) is 7.17. The number of carbonyl (C=O) groups is 2. The summed E-state index contributed by atoms with van der Waals surface area (Å²) >= 11 is 0. The molecule has 2 aromatic rings. The first-order valence-corrected chi connectivity index (χ1v) is 9.00. The van der Waals surface area contributed by atoms with Gasteiger partial charge < -0.3 is 19.5 Å². The van der Waals surface area contributed by atoms with Gasteiger partial charge in [-0.2, -0.15) is 5.10 Å². The van der Waals surface area contributed by atoms with Crippen LogP contribution in [-0.4, -0.2) is 44.9 Å². The summed E-state index contributed by atoms with van der Waals surface area (Å²) < 4.78 is 15.7. The minimum atomic E-state index is -0.394. The Morgan fingerprint density at radius 3 is 2.17 bits per heavy atom. The van der Waals surface area contributed by atoms with Gasteiger partial charge in [-0.05, 0) is 55.8 Å². The van der Waals surface area contributed by atoms with E-state index in [2.05, 4.69) is 15.8 Å². The molecular formula is C21H25N3O5. The van der Waals surface area contributed by atoms with Crippen molar-refractivity contribution in [2.24, 2.45) is 5.10 Å². The molecule has 0 atom stereocenters. The van der Waals surface area contributed by atoms with Crippen LogP contribution in [0.5, 0.6) is 17.2 Å². The highest BCUT2D eigenvalue weighted by Gasteiger charge is 2.09. The lowest BCUT2D eigenvalue weighted by Gasteiger charge is -2.09. The zero-order valence-electron chi connectivity index (χ0n) is 16.9. The topological polar surface area (TPSA) is 98.2 Å². The number of benzene rings is 2. The van der Waals surface area contributed by atoms with Crippen molar-refractivity contribution in [2.75, 3.05) is 20.8 Å². The third-order valence-electron chi connectivity index (χ3n) is 3.69. The molecule has 29 heavy (non-hydrogen) atoms. The van der Waals surface area contributed by atoms with Gasteiger partial charge in [0.2, 0.25) is 0 Å². The lowest BCUT2D eigenvalue weighted by molar-refractivity contribution is -0.123. The van der Waals surface area contributed by atoms with Crippen molar-refractivity contribution in [2.45, 2.75) is 19.9 Å². The minimum absolute atomic E-state index is 0.0499. The first-order valence-electron chi connectivity index (χ1n) is 9.00. The van der Waals surface area contributed by atoms with Gasteiger partial charge in [0.05, 0.1) is 20.4 Å². The molecule has 8 nitrogen and oxygen atoms in total. The molecular weight excluding hydrogens is 374 g/mol. The van der Waals surface area contributed by atoms with E-state index in [1.807, 2.05) is 13.8 Å². The molecule has 2 rings (SSSR count). The quantitative estimate of drug-likeness (QED) is 0.498. The predicted octanol–water partition coefficient (Wildman–Crippen LogP) is 2.37. The van der Waals surface area contributed by atoms with E-state index in [0.29, 0.717) is 22.8 Å². The maximum Gasteiger partial charge on any atom is 0.271 e. The highest BCUT2D eigenvalue weighted by atomic mass is 16.5. The van der Waals surface area contributed by atoms with Crippen LogP contribution in [0.4, 0.5) is 0 Å². The number of carbonyl (C=O) groups excluding carboxylic acids is 2. The number of hydrazone groups is 1. The van der Waals surface area contributed by atoms with Crippen LogP contribution in [-0.2, 0) is 4.79 Å². The van der Waals surface area contributed by atoms with E-state index in [9.17, 15) is 9.59 Å². The summed E-state index contributed by atoms with van der Waals surface area (Å²) in [6.07, 6.45) is 1.50. The fourth-order valence-electron chi connectivity index (χ4n) is 2.33. The largest absolute Gasteiger partial charge is 0.497 e. The van der Waals surface area contributed by atoms with E-state index >= 15 is 0 Å². The number of rotatable bonds is 9. The zero-order valence-corrected chi connectivity index (χ0v) is 16.9. The van der Waals surface area contributed by atoms with Gasteiger partial charge in [-0.1, -0.05) is 0 Å². The van der Waals surface area contributed by atoms with Crippen LogP contribution in [0.1, 0.15) is 29.8 Å². The van der Waals surface area contributed by atoms with Crippen molar-refractivity contribution in [3.63, 3.8) is 0 Å². The van der Waals surface area contributed by atoms with Crippen LogP contribution in [0.2, 0.25) is 0 Å². The highest BCUT2D eigenvalue weighted by molar-refractivity contribution is 5.95. The second-order valence-corrected chi connectivity index (χ2v) is 6.38. The van der Waals surface area contributed by atoms with Crippen LogP contribution in [0, 0.1) is 0 Å². The van der Waals surface area contributed by atoms with Crippen LogP contribution < -0.4 is 25.0 Å². The molecule has 0 fully saturated rings. The molecule has 0 aliphatic heterocycles.